The fraction of sp³-hybridized carbons (Fsp3) is 0.389. The number of hydrogen-bond donors (Lipinski definition) is 3. The fourth-order valence-corrected chi connectivity index (χ4v) is 3.37. The van der Waals surface area contributed by atoms with Gasteiger partial charge in [-0.2, -0.15) is 10.1 Å². The van der Waals surface area contributed by atoms with Crippen LogP contribution >= 0.6 is 0 Å². The Balaban J connectivity index is 1.44. The molecule has 11 heteroatoms. The summed E-state index contributed by atoms with van der Waals surface area (Å²) in [6.45, 7) is 1.16. The lowest BCUT2D eigenvalue weighted by Crippen LogP contribution is -2.41. The van der Waals surface area contributed by atoms with Crippen LogP contribution < -0.4 is 15.9 Å². The zero-order valence-electron chi connectivity index (χ0n) is 16.3. The molecule has 1 aliphatic rings. The van der Waals surface area contributed by atoms with E-state index in [-0.39, 0.29) is 17.6 Å². The number of hydrogen-bond acceptors (Lipinski definition) is 6. The number of amides is 2. The van der Waals surface area contributed by atoms with E-state index >= 15 is 0 Å². The second-order valence-corrected chi connectivity index (χ2v) is 7.21. The Bertz CT molecular complexity index is 1050. The van der Waals surface area contributed by atoms with Gasteiger partial charge >= 0.3 is 11.7 Å². The molecule has 0 bridgehead atoms. The third kappa shape index (κ3) is 4.13. The van der Waals surface area contributed by atoms with E-state index in [1.807, 2.05) is 43.3 Å². The van der Waals surface area contributed by atoms with Crippen LogP contribution in [-0.2, 0) is 0 Å². The van der Waals surface area contributed by atoms with Crippen LogP contribution in [0.15, 0.2) is 35.4 Å². The number of nitrogens with zero attached hydrogens (tertiary/aromatic N) is 6. The first-order chi connectivity index (χ1) is 14.0. The first-order valence-electron chi connectivity index (χ1n) is 9.39. The van der Waals surface area contributed by atoms with Crippen LogP contribution in [0.3, 0.4) is 0 Å². The number of anilines is 2. The smallest absolute Gasteiger partial charge is 0.340 e. The lowest BCUT2D eigenvalue weighted by molar-refractivity contribution is 0.191. The van der Waals surface area contributed by atoms with E-state index in [4.69, 9.17) is 0 Å². The van der Waals surface area contributed by atoms with E-state index in [1.54, 1.807) is 15.9 Å². The first-order valence-corrected chi connectivity index (χ1v) is 9.39. The van der Waals surface area contributed by atoms with Gasteiger partial charge in [-0.1, -0.05) is 6.07 Å². The molecule has 3 aromatic rings. The second kappa shape index (κ2) is 7.78. The summed E-state index contributed by atoms with van der Waals surface area (Å²) < 4.78 is 1.66. The number of nitrogens with one attached hydrogen (secondary N) is 3. The number of H-pyrrole nitrogens is 2. The van der Waals surface area contributed by atoms with E-state index in [0.29, 0.717) is 30.5 Å². The lowest BCUT2D eigenvalue weighted by Gasteiger charge is -2.31. The highest BCUT2D eigenvalue weighted by Crippen LogP contribution is 2.24. The number of piperidine rings is 1. The van der Waals surface area contributed by atoms with Gasteiger partial charge in [-0.05, 0) is 31.0 Å². The zero-order valence-corrected chi connectivity index (χ0v) is 16.3. The summed E-state index contributed by atoms with van der Waals surface area (Å²) in [5.74, 6) is 1.21. The normalized spacial score (nSPS) is 16.6. The van der Waals surface area contributed by atoms with Crippen molar-refractivity contribution in [1.29, 1.82) is 0 Å². The van der Waals surface area contributed by atoms with Crippen molar-refractivity contribution in [1.82, 2.24) is 34.8 Å². The minimum atomic E-state index is -0.330. The van der Waals surface area contributed by atoms with Crippen LogP contribution in [0.25, 0.3) is 5.69 Å². The predicted molar refractivity (Wildman–Crippen MR) is 107 cm³/mol. The molecule has 1 aliphatic heterocycles. The van der Waals surface area contributed by atoms with Gasteiger partial charge in [-0.25, -0.2) is 19.4 Å². The minimum absolute atomic E-state index is 0.0133. The van der Waals surface area contributed by atoms with E-state index in [0.717, 1.165) is 18.5 Å². The van der Waals surface area contributed by atoms with E-state index in [9.17, 15) is 9.59 Å². The van der Waals surface area contributed by atoms with E-state index in [2.05, 4.69) is 30.6 Å². The minimum Gasteiger partial charge on any atom is -0.346 e. The molecular formula is C18H23N9O2. The van der Waals surface area contributed by atoms with Crippen molar-refractivity contribution in [2.24, 2.45) is 0 Å². The van der Waals surface area contributed by atoms with Crippen molar-refractivity contribution in [3.8, 4) is 5.69 Å². The van der Waals surface area contributed by atoms with Gasteiger partial charge in [-0.15, -0.1) is 5.10 Å². The Morgan fingerprint density at radius 2 is 2.21 bits per heavy atom. The molecule has 1 atom stereocenters. The number of carbonyl (C=O) groups excluding carboxylic acids is 1. The van der Waals surface area contributed by atoms with Crippen molar-refractivity contribution in [3.05, 3.63) is 46.9 Å². The molecule has 2 amide bonds. The predicted octanol–water partition coefficient (Wildman–Crippen LogP) is 1.16. The molecule has 1 unspecified atom stereocenters. The lowest BCUT2D eigenvalue weighted by atomic mass is 9.98. The number of aromatic amines is 2. The van der Waals surface area contributed by atoms with Crippen LogP contribution in [0, 0.1) is 0 Å². The Labute approximate surface area is 166 Å². The van der Waals surface area contributed by atoms with Gasteiger partial charge in [0.05, 0.1) is 5.69 Å². The zero-order chi connectivity index (χ0) is 20.4. The second-order valence-electron chi connectivity index (χ2n) is 7.21. The Hall–Kier alpha value is -3.63. The number of benzene rings is 1. The van der Waals surface area contributed by atoms with Crippen molar-refractivity contribution < 1.29 is 4.79 Å². The van der Waals surface area contributed by atoms with Crippen LogP contribution in [0.1, 0.15) is 24.6 Å². The van der Waals surface area contributed by atoms with Crippen molar-refractivity contribution in [2.75, 3.05) is 37.4 Å². The quantitative estimate of drug-likeness (QED) is 0.606. The SMILES string of the molecule is CN(C)c1ncn(-c2cccc(NC(=O)N3CCCC(c4n[nH]c(=O)[nH]4)C3)c2)n1. The van der Waals surface area contributed by atoms with Crippen LogP contribution in [0.2, 0.25) is 0 Å². The Morgan fingerprint density at radius 3 is 2.93 bits per heavy atom. The average Bonchev–Trinajstić information content (AvgIpc) is 3.38. The Kier molecular flexibility index (Phi) is 5.02. The molecule has 152 valence electrons. The van der Waals surface area contributed by atoms with Crippen LogP contribution in [0.5, 0.6) is 0 Å². The molecule has 0 spiro atoms. The molecule has 2 aromatic heterocycles. The van der Waals surface area contributed by atoms with E-state index in [1.165, 1.54) is 0 Å². The molecular weight excluding hydrogens is 374 g/mol. The summed E-state index contributed by atoms with van der Waals surface area (Å²) in [5, 5.41) is 13.7. The summed E-state index contributed by atoms with van der Waals surface area (Å²) in [5.41, 5.74) is 1.14. The topological polar surface area (TPSA) is 128 Å². The number of carbonyl (C=O) groups is 1. The highest BCUT2D eigenvalue weighted by molar-refractivity contribution is 5.89. The molecule has 4 rings (SSSR count). The van der Waals surface area contributed by atoms with Gasteiger partial charge in [0.15, 0.2) is 0 Å². The highest BCUT2D eigenvalue weighted by Gasteiger charge is 2.26. The van der Waals surface area contributed by atoms with Crippen LogP contribution in [0.4, 0.5) is 16.4 Å². The van der Waals surface area contributed by atoms with Gasteiger partial charge in [0.1, 0.15) is 12.2 Å². The van der Waals surface area contributed by atoms with Gasteiger partial charge in [0, 0.05) is 38.8 Å². The monoisotopic (exact) mass is 397 g/mol. The molecule has 0 radical (unpaired) electrons. The molecule has 1 aromatic carbocycles. The molecule has 29 heavy (non-hydrogen) atoms. The fourth-order valence-electron chi connectivity index (χ4n) is 3.37. The molecule has 3 heterocycles. The maximum atomic E-state index is 12.8. The molecule has 1 fully saturated rings. The maximum Gasteiger partial charge on any atom is 0.340 e. The third-order valence-electron chi connectivity index (χ3n) is 4.86. The van der Waals surface area contributed by atoms with Crippen molar-refractivity contribution in [3.63, 3.8) is 0 Å². The molecule has 0 aliphatic carbocycles. The van der Waals surface area contributed by atoms with E-state index < -0.39 is 0 Å². The van der Waals surface area contributed by atoms with Gasteiger partial charge in [-0.3, -0.25) is 4.98 Å². The average molecular weight is 397 g/mol. The summed E-state index contributed by atoms with van der Waals surface area (Å²) in [6.07, 6.45) is 3.36. The first kappa shape index (κ1) is 18.7. The summed E-state index contributed by atoms with van der Waals surface area (Å²) in [4.78, 5) is 34.6. The Morgan fingerprint density at radius 1 is 1.34 bits per heavy atom. The summed E-state index contributed by atoms with van der Waals surface area (Å²) in [7, 11) is 3.75. The van der Waals surface area contributed by atoms with Crippen molar-refractivity contribution in [2.45, 2.75) is 18.8 Å². The van der Waals surface area contributed by atoms with Gasteiger partial charge in [0.2, 0.25) is 5.95 Å². The molecule has 3 N–H and O–H groups in total. The van der Waals surface area contributed by atoms with Crippen molar-refractivity contribution >= 4 is 17.7 Å². The number of likely N-dealkylation sites (tertiary alicyclic amines) is 1. The number of aromatic nitrogens is 6. The molecule has 0 saturated carbocycles. The summed E-state index contributed by atoms with van der Waals surface area (Å²) in [6, 6.07) is 7.25. The third-order valence-corrected chi connectivity index (χ3v) is 4.86. The maximum absolute atomic E-state index is 12.8. The standard InChI is InChI=1S/C18H23N9O2/c1-25(2)16-19-11-27(24-16)14-7-3-6-13(9-14)20-18(29)26-8-4-5-12(10-26)15-21-17(28)23-22-15/h3,6-7,9,11-12H,4-5,8,10H2,1-2H3,(H,20,29)(H2,21,22,23,28). The molecule has 11 nitrogen and oxygen atoms in total. The van der Waals surface area contributed by atoms with Gasteiger partial charge < -0.3 is 15.1 Å². The van der Waals surface area contributed by atoms with Gasteiger partial charge in [0.25, 0.3) is 0 Å². The number of urea groups is 1. The number of rotatable bonds is 4. The largest absolute Gasteiger partial charge is 0.346 e. The summed E-state index contributed by atoms with van der Waals surface area (Å²) >= 11 is 0. The highest BCUT2D eigenvalue weighted by atomic mass is 16.2. The molecule has 1 saturated heterocycles. The van der Waals surface area contributed by atoms with Crippen LogP contribution in [-0.4, -0.2) is 68.1 Å².